The summed E-state index contributed by atoms with van der Waals surface area (Å²) in [6.07, 6.45) is 0.935. The fourth-order valence-electron chi connectivity index (χ4n) is 3.46. The van der Waals surface area contributed by atoms with Gasteiger partial charge in [0.1, 0.15) is 6.54 Å². The van der Waals surface area contributed by atoms with Crippen molar-refractivity contribution >= 4 is 28.9 Å². The maximum atomic E-state index is 12.5. The molecule has 0 saturated carbocycles. The van der Waals surface area contributed by atoms with Crippen molar-refractivity contribution in [2.75, 3.05) is 54.9 Å². The number of nitrogens with zero attached hydrogens (tertiary/aromatic N) is 3. The maximum absolute atomic E-state index is 12.5. The van der Waals surface area contributed by atoms with Gasteiger partial charge in [0, 0.05) is 50.2 Å². The van der Waals surface area contributed by atoms with Crippen molar-refractivity contribution < 1.29 is 9.59 Å². The molecule has 1 fully saturated rings. The molecule has 0 unspecified atom stereocenters. The standard InChI is InChI=1S/C23H30N4O2/c1-4-19-5-9-22(10-6-19)27(18(2)28)17-23(29)24-20-7-11-21(12-8-20)26-15-13-25(3)14-16-26/h5-12H,4,13-17H2,1-3H3,(H,24,29). The Hall–Kier alpha value is -2.86. The first-order valence-corrected chi connectivity index (χ1v) is 10.2. The van der Waals surface area contributed by atoms with Gasteiger partial charge in [0.15, 0.2) is 0 Å². The van der Waals surface area contributed by atoms with Crippen molar-refractivity contribution in [2.45, 2.75) is 20.3 Å². The lowest BCUT2D eigenvalue weighted by Crippen LogP contribution is -2.44. The number of nitrogens with one attached hydrogen (secondary N) is 1. The molecule has 2 aromatic carbocycles. The predicted octanol–water partition coefficient (Wildman–Crippen LogP) is 2.99. The van der Waals surface area contributed by atoms with Gasteiger partial charge in [0.25, 0.3) is 0 Å². The molecular formula is C23H30N4O2. The van der Waals surface area contributed by atoms with Crippen LogP contribution in [0.1, 0.15) is 19.4 Å². The van der Waals surface area contributed by atoms with E-state index in [0.717, 1.165) is 49.7 Å². The number of likely N-dealkylation sites (N-methyl/N-ethyl adjacent to an activating group) is 1. The molecule has 0 spiro atoms. The molecule has 6 heteroatoms. The Labute approximate surface area is 173 Å². The number of anilines is 3. The summed E-state index contributed by atoms with van der Waals surface area (Å²) in [6.45, 7) is 7.67. The summed E-state index contributed by atoms with van der Waals surface area (Å²) in [5.74, 6) is -0.373. The van der Waals surface area contributed by atoms with Crippen LogP contribution in [-0.2, 0) is 16.0 Å². The second-order valence-electron chi connectivity index (χ2n) is 7.51. The average molecular weight is 395 g/mol. The first kappa shape index (κ1) is 20.9. The van der Waals surface area contributed by atoms with Crippen LogP contribution in [0, 0.1) is 0 Å². The largest absolute Gasteiger partial charge is 0.369 e. The van der Waals surface area contributed by atoms with Crippen LogP contribution in [0.5, 0.6) is 0 Å². The second-order valence-corrected chi connectivity index (χ2v) is 7.51. The highest BCUT2D eigenvalue weighted by molar-refractivity contribution is 6.01. The van der Waals surface area contributed by atoms with Crippen LogP contribution in [0.25, 0.3) is 0 Å². The molecular weight excluding hydrogens is 364 g/mol. The third-order valence-electron chi connectivity index (χ3n) is 5.36. The fraction of sp³-hybridized carbons (Fsp3) is 0.391. The van der Waals surface area contributed by atoms with Crippen molar-refractivity contribution in [3.63, 3.8) is 0 Å². The monoisotopic (exact) mass is 394 g/mol. The Morgan fingerprint density at radius 3 is 2.14 bits per heavy atom. The van der Waals surface area contributed by atoms with E-state index in [0.29, 0.717) is 0 Å². The van der Waals surface area contributed by atoms with Crippen LogP contribution >= 0.6 is 0 Å². The van der Waals surface area contributed by atoms with Gasteiger partial charge in [0.2, 0.25) is 11.8 Å². The number of carbonyl (C=O) groups is 2. The highest BCUT2D eigenvalue weighted by atomic mass is 16.2. The summed E-state index contributed by atoms with van der Waals surface area (Å²) in [5.41, 5.74) is 3.83. The smallest absolute Gasteiger partial charge is 0.244 e. The zero-order valence-electron chi connectivity index (χ0n) is 17.5. The van der Waals surface area contributed by atoms with E-state index in [1.165, 1.54) is 17.4 Å². The molecule has 0 aromatic heterocycles. The van der Waals surface area contributed by atoms with Gasteiger partial charge in [-0.3, -0.25) is 9.59 Å². The quantitative estimate of drug-likeness (QED) is 0.818. The Morgan fingerprint density at radius 1 is 0.966 bits per heavy atom. The third-order valence-corrected chi connectivity index (χ3v) is 5.36. The molecule has 2 aromatic rings. The van der Waals surface area contributed by atoms with Gasteiger partial charge in [-0.05, 0) is 55.4 Å². The van der Waals surface area contributed by atoms with Crippen LogP contribution in [0.15, 0.2) is 48.5 Å². The molecule has 1 aliphatic heterocycles. The van der Waals surface area contributed by atoms with Crippen molar-refractivity contribution in [3.05, 3.63) is 54.1 Å². The third kappa shape index (κ3) is 5.57. The lowest BCUT2D eigenvalue weighted by molar-refractivity contribution is -0.120. The van der Waals surface area contributed by atoms with Gasteiger partial charge in [-0.2, -0.15) is 0 Å². The second kappa shape index (κ2) is 9.56. The number of benzene rings is 2. The van der Waals surface area contributed by atoms with E-state index in [4.69, 9.17) is 0 Å². The Morgan fingerprint density at radius 2 is 1.59 bits per heavy atom. The fourth-order valence-corrected chi connectivity index (χ4v) is 3.46. The molecule has 2 amide bonds. The van der Waals surface area contributed by atoms with Crippen LogP contribution < -0.4 is 15.1 Å². The molecule has 1 N–H and O–H groups in total. The van der Waals surface area contributed by atoms with E-state index < -0.39 is 0 Å². The molecule has 0 radical (unpaired) electrons. The molecule has 0 bridgehead atoms. The topological polar surface area (TPSA) is 55.9 Å². The van der Waals surface area contributed by atoms with Crippen molar-refractivity contribution in [1.29, 1.82) is 0 Å². The number of hydrogen-bond acceptors (Lipinski definition) is 4. The minimum absolute atomic E-state index is 0.0129. The summed E-state index contributed by atoms with van der Waals surface area (Å²) >= 11 is 0. The highest BCUT2D eigenvalue weighted by Gasteiger charge is 2.17. The van der Waals surface area contributed by atoms with Crippen LogP contribution in [0.3, 0.4) is 0 Å². The summed E-state index contributed by atoms with van der Waals surface area (Å²) in [5, 5.41) is 2.90. The minimum Gasteiger partial charge on any atom is -0.369 e. The Bertz CT molecular complexity index is 825. The zero-order chi connectivity index (χ0) is 20.8. The lowest BCUT2D eigenvalue weighted by Gasteiger charge is -2.34. The van der Waals surface area contributed by atoms with Gasteiger partial charge in [-0.25, -0.2) is 0 Å². The van der Waals surface area contributed by atoms with Crippen molar-refractivity contribution in [1.82, 2.24) is 4.90 Å². The maximum Gasteiger partial charge on any atom is 0.244 e. The Kier molecular flexibility index (Phi) is 6.88. The van der Waals surface area contributed by atoms with Gasteiger partial charge in [-0.1, -0.05) is 19.1 Å². The van der Waals surface area contributed by atoms with Crippen LogP contribution in [-0.4, -0.2) is 56.5 Å². The minimum atomic E-state index is -0.216. The van der Waals surface area contributed by atoms with E-state index >= 15 is 0 Å². The van der Waals surface area contributed by atoms with Crippen LogP contribution in [0.2, 0.25) is 0 Å². The molecule has 1 aliphatic rings. The van der Waals surface area contributed by atoms with E-state index in [2.05, 4.69) is 29.1 Å². The van der Waals surface area contributed by atoms with Gasteiger partial charge < -0.3 is 20.0 Å². The van der Waals surface area contributed by atoms with Gasteiger partial charge in [-0.15, -0.1) is 0 Å². The number of hydrogen-bond donors (Lipinski definition) is 1. The molecule has 0 atom stereocenters. The molecule has 1 heterocycles. The van der Waals surface area contributed by atoms with Crippen molar-refractivity contribution in [2.24, 2.45) is 0 Å². The summed E-state index contributed by atoms with van der Waals surface area (Å²) < 4.78 is 0. The number of rotatable bonds is 6. The predicted molar refractivity (Wildman–Crippen MR) is 119 cm³/mol. The SMILES string of the molecule is CCc1ccc(N(CC(=O)Nc2ccc(N3CCN(C)CC3)cc2)C(C)=O)cc1. The number of amides is 2. The van der Waals surface area contributed by atoms with Crippen molar-refractivity contribution in [3.8, 4) is 0 Å². The zero-order valence-corrected chi connectivity index (χ0v) is 17.5. The molecule has 3 rings (SSSR count). The molecule has 29 heavy (non-hydrogen) atoms. The average Bonchev–Trinajstić information content (AvgIpc) is 2.73. The highest BCUT2D eigenvalue weighted by Crippen LogP contribution is 2.20. The number of piperazine rings is 1. The van der Waals surface area contributed by atoms with E-state index in [-0.39, 0.29) is 18.4 Å². The normalized spacial score (nSPS) is 14.5. The van der Waals surface area contributed by atoms with E-state index in [1.807, 2.05) is 48.5 Å². The summed E-state index contributed by atoms with van der Waals surface area (Å²) in [7, 11) is 2.14. The van der Waals surface area contributed by atoms with Gasteiger partial charge in [0.05, 0.1) is 0 Å². The molecule has 1 saturated heterocycles. The first-order valence-electron chi connectivity index (χ1n) is 10.2. The Balaban J connectivity index is 1.60. The number of carbonyl (C=O) groups excluding carboxylic acids is 2. The van der Waals surface area contributed by atoms with E-state index in [9.17, 15) is 9.59 Å². The first-order chi connectivity index (χ1) is 14.0. The van der Waals surface area contributed by atoms with E-state index in [1.54, 1.807) is 0 Å². The molecule has 154 valence electrons. The summed E-state index contributed by atoms with van der Waals surface area (Å²) in [6, 6.07) is 15.6. The molecule has 0 aliphatic carbocycles. The van der Waals surface area contributed by atoms with Gasteiger partial charge >= 0.3 is 0 Å². The van der Waals surface area contributed by atoms with Crippen LogP contribution in [0.4, 0.5) is 17.1 Å². The lowest BCUT2D eigenvalue weighted by atomic mass is 10.1. The number of aryl methyl sites for hydroxylation is 1. The molecule has 6 nitrogen and oxygen atoms in total. The summed E-state index contributed by atoms with van der Waals surface area (Å²) in [4.78, 5) is 30.8.